The van der Waals surface area contributed by atoms with Crippen LogP contribution in [0, 0.1) is 5.92 Å². The summed E-state index contributed by atoms with van der Waals surface area (Å²) in [5.74, 6) is 2.65. The van der Waals surface area contributed by atoms with E-state index in [0.29, 0.717) is 12.1 Å². The molecule has 4 rings (SSSR count). The molecule has 0 spiro atoms. The molecule has 1 aliphatic carbocycles. The zero-order valence-corrected chi connectivity index (χ0v) is 16.7. The molecule has 0 aromatic carbocycles. The van der Waals surface area contributed by atoms with Crippen molar-refractivity contribution in [2.24, 2.45) is 5.92 Å². The molecule has 1 aliphatic heterocycles. The maximum Gasteiger partial charge on any atom is 0.225 e. The van der Waals surface area contributed by atoms with Gasteiger partial charge < -0.3 is 10.2 Å². The van der Waals surface area contributed by atoms with Gasteiger partial charge in [0.15, 0.2) is 5.78 Å². The van der Waals surface area contributed by atoms with E-state index in [1.807, 2.05) is 24.5 Å². The van der Waals surface area contributed by atoms with Crippen molar-refractivity contribution in [1.29, 1.82) is 0 Å². The van der Waals surface area contributed by atoms with Crippen LogP contribution >= 0.6 is 0 Å². The largest absolute Gasteiger partial charge is 0.370 e. The maximum atomic E-state index is 11.8. The topological polar surface area (TPSA) is 71.0 Å². The van der Waals surface area contributed by atoms with E-state index in [1.54, 1.807) is 0 Å². The first-order valence-corrected chi connectivity index (χ1v) is 10.6. The summed E-state index contributed by atoms with van der Waals surface area (Å²) in [7, 11) is 0. The Morgan fingerprint density at radius 3 is 2.68 bits per heavy atom. The fourth-order valence-electron chi connectivity index (χ4n) is 4.12. The predicted molar refractivity (Wildman–Crippen MR) is 111 cm³/mol. The highest BCUT2D eigenvalue weighted by Crippen LogP contribution is 2.25. The molecule has 28 heavy (non-hydrogen) atoms. The number of Topliss-reactive ketones (excluding diaryl/α,β-unsaturated/α-hetero) is 1. The van der Waals surface area contributed by atoms with Crippen LogP contribution in [0.1, 0.15) is 60.6 Å². The molecule has 0 radical (unpaired) electrons. The second-order valence-corrected chi connectivity index (χ2v) is 7.87. The number of anilines is 2. The number of rotatable bonds is 7. The van der Waals surface area contributed by atoms with E-state index >= 15 is 0 Å². The molecule has 2 aromatic heterocycles. The number of aryl methyl sites for hydroxylation is 2. The number of carbonyl (C=O) groups excluding carboxylic acids is 1. The Morgan fingerprint density at radius 2 is 1.93 bits per heavy atom. The summed E-state index contributed by atoms with van der Waals surface area (Å²) in [6.45, 7) is 5.11. The molecule has 148 valence electrons. The van der Waals surface area contributed by atoms with Gasteiger partial charge in [0.2, 0.25) is 5.95 Å². The van der Waals surface area contributed by atoms with Gasteiger partial charge in [-0.3, -0.25) is 4.79 Å². The van der Waals surface area contributed by atoms with Gasteiger partial charge in [0.1, 0.15) is 11.5 Å². The van der Waals surface area contributed by atoms with Gasteiger partial charge >= 0.3 is 0 Å². The first-order valence-electron chi connectivity index (χ1n) is 10.6. The first-order chi connectivity index (χ1) is 13.7. The fraction of sp³-hybridized carbons (Fsp3) is 0.545. The van der Waals surface area contributed by atoms with Crippen molar-refractivity contribution in [1.82, 2.24) is 15.0 Å². The minimum absolute atomic E-state index is 0.179. The number of piperidine rings is 1. The van der Waals surface area contributed by atoms with Crippen molar-refractivity contribution in [2.45, 2.75) is 51.9 Å². The number of carbonyl (C=O) groups is 1. The van der Waals surface area contributed by atoms with Crippen LogP contribution in [0.25, 0.3) is 0 Å². The lowest BCUT2D eigenvalue weighted by Gasteiger charge is -2.32. The lowest BCUT2D eigenvalue weighted by Crippen LogP contribution is -2.35. The number of ketones is 1. The van der Waals surface area contributed by atoms with Crippen LogP contribution in [0.4, 0.5) is 11.8 Å². The summed E-state index contributed by atoms with van der Waals surface area (Å²) >= 11 is 0. The van der Waals surface area contributed by atoms with Gasteiger partial charge in [-0.15, -0.1) is 0 Å². The Kier molecular flexibility index (Phi) is 5.84. The Hall–Kier alpha value is -2.50. The van der Waals surface area contributed by atoms with Crippen molar-refractivity contribution in [3.8, 4) is 0 Å². The Labute approximate surface area is 166 Å². The third kappa shape index (κ3) is 4.32. The molecule has 0 unspecified atom stereocenters. The van der Waals surface area contributed by atoms with Gasteiger partial charge in [0, 0.05) is 38.4 Å². The van der Waals surface area contributed by atoms with E-state index in [2.05, 4.69) is 32.1 Å². The summed E-state index contributed by atoms with van der Waals surface area (Å²) < 4.78 is 0. The van der Waals surface area contributed by atoms with Gasteiger partial charge in [-0.1, -0.05) is 13.0 Å². The fourth-order valence-corrected chi connectivity index (χ4v) is 4.12. The Balaban J connectivity index is 1.18. The van der Waals surface area contributed by atoms with E-state index in [0.717, 1.165) is 62.1 Å². The number of pyridine rings is 1. The summed E-state index contributed by atoms with van der Waals surface area (Å²) in [6.07, 6.45) is 11.1. The lowest BCUT2D eigenvalue weighted by molar-refractivity contribution is 0.0990. The van der Waals surface area contributed by atoms with E-state index in [1.165, 1.54) is 24.8 Å². The molecule has 6 nitrogen and oxygen atoms in total. The molecule has 2 aliphatic rings. The van der Waals surface area contributed by atoms with E-state index in [-0.39, 0.29) is 5.78 Å². The number of fused-ring (bicyclic) bond motifs is 1. The van der Waals surface area contributed by atoms with Gasteiger partial charge in [0.25, 0.3) is 0 Å². The molecule has 1 N–H and O–H groups in total. The zero-order valence-electron chi connectivity index (χ0n) is 16.7. The molecule has 6 heteroatoms. The van der Waals surface area contributed by atoms with E-state index < -0.39 is 0 Å². The highest BCUT2D eigenvalue weighted by Gasteiger charge is 2.22. The number of hydrogen-bond acceptors (Lipinski definition) is 6. The molecular weight excluding hydrogens is 350 g/mol. The van der Waals surface area contributed by atoms with Gasteiger partial charge in [-0.2, -0.15) is 0 Å². The molecular formula is C22H29N5O. The second-order valence-electron chi connectivity index (χ2n) is 7.87. The van der Waals surface area contributed by atoms with Crippen molar-refractivity contribution in [3.05, 3.63) is 41.3 Å². The highest BCUT2D eigenvalue weighted by atomic mass is 16.1. The van der Waals surface area contributed by atoms with Crippen LogP contribution in [-0.2, 0) is 12.8 Å². The van der Waals surface area contributed by atoms with Crippen molar-refractivity contribution < 1.29 is 4.79 Å². The normalized spacial score (nSPS) is 17.0. The quantitative estimate of drug-likeness (QED) is 0.740. The Bertz CT molecular complexity index is 812. The van der Waals surface area contributed by atoms with E-state index in [4.69, 9.17) is 0 Å². The minimum atomic E-state index is 0.179. The summed E-state index contributed by atoms with van der Waals surface area (Å²) in [6, 6.07) is 4.04. The van der Waals surface area contributed by atoms with Gasteiger partial charge in [0.05, 0.1) is 0 Å². The zero-order chi connectivity index (χ0) is 19.3. The molecule has 0 saturated carbocycles. The number of hydrogen-bond donors (Lipinski definition) is 1. The van der Waals surface area contributed by atoms with Crippen LogP contribution in [0.5, 0.6) is 0 Å². The molecule has 1 fully saturated rings. The average Bonchev–Trinajstić information content (AvgIpc) is 3.12. The third-order valence-corrected chi connectivity index (χ3v) is 5.96. The molecule has 1 saturated heterocycles. The smallest absolute Gasteiger partial charge is 0.225 e. The average molecular weight is 380 g/mol. The highest BCUT2D eigenvalue weighted by molar-refractivity contribution is 5.98. The molecule has 3 heterocycles. The van der Waals surface area contributed by atoms with Crippen LogP contribution in [-0.4, -0.2) is 40.4 Å². The minimum Gasteiger partial charge on any atom is -0.370 e. The van der Waals surface area contributed by atoms with Gasteiger partial charge in [-0.25, -0.2) is 15.0 Å². The Morgan fingerprint density at radius 1 is 1.14 bits per heavy atom. The number of aromatic nitrogens is 3. The third-order valence-electron chi connectivity index (χ3n) is 5.96. The van der Waals surface area contributed by atoms with E-state index in [9.17, 15) is 4.79 Å². The summed E-state index contributed by atoms with van der Waals surface area (Å²) in [4.78, 5) is 27.6. The van der Waals surface area contributed by atoms with Gasteiger partial charge in [-0.05, 0) is 61.6 Å². The number of nitrogens with zero attached hydrogens (tertiary/aromatic N) is 4. The number of nitrogens with one attached hydrogen (secondary N) is 1. The first kappa shape index (κ1) is 18.8. The van der Waals surface area contributed by atoms with Crippen LogP contribution in [0.2, 0.25) is 0 Å². The monoisotopic (exact) mass is 379 g/mol. The molecule has 0 amide bonds. The second kappa shape index (κ2) is 8.67. The maximum absolute atomic E-state index is 11.8. The summed E-state index contributed by atoms with van der Waals surface area (Å²) in [5, 5.41) is 3.39. The van der Waals surface area contributed by atoms with Crippen LogP contribution < -0.4 is 10.2 Å². The van der Waals surface area contributed by atoms with Crippen molar-refractivity contribution >= 4 is 17.5 Å². The van der Waals surface area contributed by atoms with Crippen LogP contribution in [0.3, 0.4) is 0 Å². The summed E-state index contributed by atoms with van der Waals surface area (Å²) in [5.41, 5.74) is 2.95. The SMILES string of the molecule is CCc1cnc(N2CCC(CCCNc3ccc4c(n3)C(=O)CC4)CC2)nc1. The van der Waals surface area contributed by atoms with Crippen molar-refractivity contribution in [3.63, 3.8) is 0 Å². The van der Waals surface area contributed by atoms with Crippen LogP contribution in [0.15, 0.2) is 24.5 Å². The van der Waals surface area contributed by atoms with Crippen molar-refractivity contribution in [2.75, 3.05) is 29.9 Å². The predicted octanol–water partition coefficient (Wildman–Crippen LogP) is 3.67. The standard InChI is InChI=1S/C22H29N5O/c1-2-16-14-24-22(25-15-16)27-12-9-17(10-13-27)4-3-11-23-20-8-6-18-5-7-19(28)21(18)26-20/h6,8,14-15,17H,2-5,7,9-13H2,1H3,(H,23,26). The molecule has 0 bridgehead atoms. The molecule has 0 atom stereocenters. The molecule has 2 aromatic rings. The lowest BCUT2D eigenvalue weighted by atomic mass is 9.92.